The van der Waals surface area contributed by atoms with E-state index in [-0.39, 0.29) is 5.54 Å². The maximum Gasteiger partial charge on any atom is 0.0602 e. The topological polar surface area (TPSA) is 24.1 Å². The van der Waals surface area contributed by atoms with Gasteiger partial charge >= 0.3 is 0 Å². The lowest BCUT2D eigenvalue weighted by Crippen LogP contribution is -2.58. The van der Waals surface area contributed by atoms with Gasteiger partial charge in [0.05, 0.1) is 5.54 Å². The number of aryl methyl sites for hydroxylation is 1. The van der Waals surface area contributed by atoms with Gasteiger partial charge in [-0.15, -0.1) is 0 Å². The number of halogens is 1. The summed E-state index contributed by atoms with van der Waals surface area (Å²) in [5, 5.41) is 8.40. The second-order valence-corrected chi connectivity index (χ2v) is 7.71. The van der Waals surface area contributed by atoms with Gasteiger partial charge in [-0.3, -0.25) is 0 Å². The van der Waals surface area contributed by atoms with Crippen molar-refractivity contribution in [2.24, 2.45) is 0 Å². The van der Waals surface area contributed by atoms with Gasteiger partial charge in [0.15, 0.2) is 0 Å². The molecule has 0 amide bonds. The molecule has 2 aromatic rings. The minimum atomic E-state index is -0.116. The molecule has 0 aliphatic heterocycles. The Balaban J connectivity index is 1.89. The van der Waals surface area contributed by atoms with E-state index in [1.807, 2.05) is 12.1 Å². The second-order valence-electron chi connectivity index (χ2n) is 7.30. The van der Waals surface area contributed by atoms with Crippen LogP contribution >= 0.6 is 11.6 Å². The molecule has 0 heterocycles. The Morgan fingerprint density at radius 1 is 1.08 bits per heavy atom. The third kappa shape index (κ3) is 3.76. The first-order valence-electron chi connectivity index (χ1n) is 9.33. The summed E-state index contributed by atoms with van der Waals surface area (Å²) in [6, 6.07) is 17.8. The smallest absolute Gasteiger partial charge is 0.0602 e. The van der Waals surface area contributed by atoms with E-state index in [0.29, 0.717) is 12.1 Å². The molecule has 0 bridgehead atoms. The molecule has 2 aromatic carbocycles. The second kappa shape index (κ2) is 7.90. The zero-order valence-corrected chi connectivity index (χ0v) is 16.2. The maximum atomic E-state index is 6.59. The normalized spacial score (nSPS) is 24.9. The number of rotatable bonds is 5. The monoisotopic (exact) mass is 356 g/mol. The van der Waals surface area contributed by atoms with Gasteiger partial charge in [0.1, 0.15) is 0 Å². The fourth-order valence-electron chi connectivity index (χ4n) is 4.23. The van der Waals surface area contributed by atoms with Gasteiger partial charge < -0.3 is 10.6 Å². The van der Waals surface area contributed by atoms with Crippen molar-refractivity contribution in [1.29, 1.82) is 0 Å². The Labute approximate surface area is 157 Å². The SMILES string of the molecule is CN[C@@]1(c2ccccc2Cl)CCCC[C@@H]1N[C@@H](C)c1ccc(C)cc1. The van der Waals surface area contributed by atoms with Crippen molar-refractivity contribution >= 4 is 11.6 Å². The Kier molecular flexibility index (Phi) is 5.83. The molecule has 0 unspecified atom stereocenters. The van der Waals surface area contributed by atoms with E-state index in [0.717, 1.165) is 17.9 Å². The van der Waals surface area contributed by atoms with Crippen LogP contribution in [0.25, 0.3) is 0 Å². The predicted molar refractivity (Wildman–Crippen MR) is 107 cm³/mol. The van der Waals surface area contributed by atoms with Gasteiger partial charge in [-0.25, -0.2) is 0 Å². The van der Waals surface area contributed by atoms with Crippen molar-refractivity contribution in [3.63, 3.8) is 0 Å². The van der Waals surface area contributed by atoms with Crippen molar-refractivity contribution in [3.8, 4) is 0 Å². The minimum absolute atomic E-state index is 0.116. The minimum Gasteiger partial charge on any atom is -0.309 e. The molecule has 3 rings (SSSR count). The summed E-state index contributed by atoms with van der Waals surface area (Å²) < 4.78 is 0. The third-order valence-corrected chi connectivity index (χ3v) is 6.07. The number of hydrogen-bond donors (Lipinski definition) is 2. The fraction of sp³-hybridized carbons (Fsp3) is 0.455. The number of nitrogens with one attached hydrogen (secondary N) is 2. The molecule has 2 nitrogen and oxygen atoms in total. The fourth-order valence-corrected chi connectivity index (χ4v) is 4.54. The van der Waals surface area contributed by atoms with E-state index in [1.54, 1.807) is 0 Å². The molecule has 0 aromatic heterocycles. The lowest BCUT2D eigenvalue weighted by Gasteiger charge is -2.46. The Hall–Kier alpha value is -1.35. The van der Waals surface area contributed by atoms with Crippen LogP contribution in [-0.4, -0.2) is 13.1 Å². The summed E-state index contributed by atoms with van der Waals surface area (Å²) in [6.07, 6.45) is 4.74. The highest BCUT2D eigenvalue weighted by Crippen LogP contribution is 2.41. The molecule has 0 radical (unpaired) electrons. The van der Waals surface area contributed by atoms with Crippen LogP contribution in [0.3, 0.4) is 0 Å². The standard InChI is InChI=1S/C22H29ClN2/c1-16-11-13-18(14-12-16)17(2)25-21-10-6-7-15-22(21,24-3)19-8-4-5-9-20(19)23/h4-5,8-9,11-14,17,21,24-25H,6-7,10,15H2,1-3H3/t17-,21-,22+/m0/s1. The summed E-state index contributed by atoms with van der Waals surface area (Å²) in [6.45, 7) is 4.39. The summed E-state index contributed by atoms with van der Waals surface area (Å²) >= 11 is 6.59. The van der Waals surface area contributed by atoms with Crippen molar-refractivity contribution in [2.45, 2.75) is 57.2 Å². The van der Waals surface area contributed by atoms with Gasteiger partial charge in [0.25, 0.3) is 0 Å². The largest absolute Gasteiger partial charge is 0.309 e. The van der Waals surface area contributed by atoms with Crippen LogP contribution in [0.2, 0.25) is 5.02 Å². The first-order chi connectivity index (χ1) is 12.1. The van der Waals surface area contributed by atoms with Crippen LogP contribution in [-0.2, 0) is 5.54 Å². The molecule has 0 spiro atoms. The zero-order valence-electron chi connectivity index (χ0n) is 15.5. The molecule has 3 heteroatoms. The Morgan fingerprint density at radius 3 is 2.48 bits per heavy atom. The van der Waals surface area contributed by atoms with Crippen molar-refractivity contribution < 1.29 is 0 Å². The van der Waals surface area contributed by atoms with E-state index >= 15 is 0 Å². The average Bonchev–Trinajstić information content (AvgIpc) is 2.63. The lowest BCUT2D eigenvalue weighted by molar-refractivity contribution is 0.168. The van der Waals surface area contributed by atoms with E-state index in [9.17, 15) is 0 Å². The van der Waals surface area contributed by atoms with Crippen LogP contribution in [0.15, 0.2) is 48.5 Å². The molecule has 1 fully saturated rings. The summed E-state index contributed by atoms with van der Waals surface area (Å²) in [7, 11) is 2.07. The van der Waals surface area contributed by atoms with Gasteiger partial charge in [-0.05, 0) is 50.9 Å². The van der Waals surface area contributed by atoms with E-state index in [2.05, 4.69) is 67.9 Å². The van der Waals surface area contributed by atoms with Gasteiger partial charge in [0.2, 0.25) is 0 Å². The third-order valence-electron chi connectivity index (χ3n) is 5.74. The molecule has 1 aliphatic carbocycles. The molecule has 3 atom stereocenters. The highest BCUT2D eigenvalue weighted by atomic mass is 35.5. The van der Waals surface area contributed by atoms with Crippen LogP contribution in [0.4, 0.5) is 0 Å². The molecular weight excluding hydrogens is 328 g/mol. The quantitative estimate of drug-likeness (QED) is 0.753. The van der Waals surface area contributed by atoms with E-state index < -0.39 is 0 Å². The molecule has 134 valence electrons. The van der Waals surface area contributed by atoms with Crippen molar-refractivity contribution in [1.82, 2.24) is 10.6 Å². The highest BCUT2D eigenvalue weighted by Gasteiger charge is 2.42. The Morgan fingerprint density at radius 2 is 1.80 bits per heavy atom. The molecule has 0 saturated heterocycles. The number of benzene rings is 2. The number of hydrogen-bond acceptors (Lipinski definition) is 2. The molecule has 2 N–H and O–H groups in total. The average molecular weight is 357 g/mol. The van der Waals surface area contributed by atoms with Crippen LogP contribution < -0.4 is 10.6 Å². The number of likely N-dealkylation sites (N-methyl/N-ethyl adjacent to an activating group) is 1. The van der Waals surface area contributed by atoms with E-state index in [1.165, 1.54) is 29.5 Å². The molecular formula is C22H29ClN2. The van der Waals surface area contributed by atoms with Gasteiger partial charge in [0, 0.05) is 17.1 Å². The van der Waals surface area contributed by atoms with Crippen molar-refractivity contribution in [3.05, 3.63) is 70.2 Å². The first-order valence-corrected chi connectivity index (χ1v) is 9.71. The summed E-state index contributed by atoms with van der Waals surface area (Å²) in [4.78, 5) is 0. The van der Waals surface area contributed by atoms with Crippen LogP contribution in [0.5, 0.6) is 0 Å². The summed E-state index contributed by atoms with van der Waals surface area (Å²) in [5.41, 5.74) is 3.73. The first kappa shape index (κ1) is 18.4. The van der Waals surface area contributed by atoms with Crippen LogP contribution in [0.1, 0.15) is 55.3 Å². The summed E-state index contributed by atoms with van der Waals surface area (Å²) in [5.74, 6) is 0. The predicted octanol–water partition coefficient (Wildman–Crippen LogP) is 5.36. The molecule has 1 saturated carbocycles. The highest BCUT2D eigenvalue weighted by molar-refractivity contribution is 6.31. The van der Waals surface area contributed by atoms with Gasteiger partial charge in [-0.1, -0.05) is 72.5 Å². The van der Waals surface area contributed by atoms with E-state index in [4.69, 9.17) is 11.6 Å². The maximum absolute atomic E-state index is 6.59. The van der Waals surface area contributed by atoms with Crippen molar-refractivity contribution in [2.75, 3.05) is 7.05 Å². The van der Waals surface area contributed by atoms with Gasteiger partial charge in [-0.2, -0.15) is 0 Å². The Bertz CT molecular complexity index is 697. The lowest BCUT2D eigenvalue weighted by atomic mass is 9.72. The van der Waals surface area contributed by atoms with Crippen LogP contribution in [0, 0.1) is 6.92 Å². The molecule has 1 aliphatic rings. The molecule has 25 heavy (non-hydrogen) atoms. The zero-order chi connectivity index (χ0) is 17.9.